The maximum Gasteiger partial charge on any atom is 0.166 e. The molecular formula is C29H38F2. The topological polar surface area (TPSA) is 0 Å². The van der Waals surface area contributed by atoms with Crippen LogP contribution in [0.25, 0.3) is 10.8 Å². The number of aryl methyl sites for hydroxylation is 2. The van der Waals surface area contributed by atoms with Crippen molar-refractivity contribution in [1.29, 1.82) is 0 Å². The van der Waals surface area contributed by atoms with Crippen LogP contribution in [0.2, 0.25) is 0 Å². The van der Waals surface area contributed by atoms with Crippen LogP contribution in [0.1, 0.15) is 82.3 Å². The number of allylic oxidation sites excluding steroid dienone is 1. The van der Waals surface area contributed by atoms with Crippen molar-refractivity contribution in [3.05, 3.63) is 59.7 Å². The third kappa shape index (κ3) is 5.21. The fraction of sp³-hybridized carbons (Fsp3) is 0.586. The molecule has 2 heteroatoms. The smallest absolute Gasteiger partial charge is 0.166 e. The summed E-state index contributed by atoms with van der Waals surface area (Å²) in [5.41, 5.74) is 1.63. The summed E-state index contributed by atoms with van der Waals surface area (Å²) in [7, 11) is 0. The summed E-state index contributed by atoms with van der Waals surface area (Å²) < 4.78 is 29.6. The van der Waals surface area contributed by atoms with Crippen LogP contribution in [0, 0.1) is 35.3 Å². The molecule has 4 rings (SSSR count). The summed E-state index contributed by atoms with van der Waals surface area (Å²) in [6, 6.07) is 7.72. The van der Waals surface area contributed by atoms with Crippen molar-refractivity contribution in [2.75, 3.05) is 0 Å². The largest absolute Gasteiger partial charge is 0.203 e. The third-order valence-corrected chi connectivity index (χ3v) is 8.23. The highest BCUT2D eigenvalue weighted by atomic mass is 19.2. The highest BCUT2D eigenvalue weighted by Crippen LogP contribution is 2.42. The van der Waals surface area contributed by atoms with Gasteiger partial charge in [0, 0.05) is 5.39 Å². The van der Waals surface area contributed by atoms with Gasteiger partial charge in [0.15, 0.2) is 11.6 Å². The molecule has 0 aliphatic heterocycles. The fourth-order valence-electron chi connectivity index (χ4n) is 6.22. The van der Waals surface area contributed by atoms with Gasteiger partial charge in [-0.2, -0.15) is 0 Å². The number of fused-ring (bicyclic) bond motifs is 1. The highest BCUT2D eigenvalue weighted by Gasteiger charge is 2.30. The van der Waals surface area contributed by atoms with Crippen LogP contribution >= 0.6 is 0 Å². The number of benzene rings is 2. The summed E-state index contributed by atoms with van der Waals surface area (Å²) in [5, 5.41) is 1.26. The van der Waals surface area contributed by atoms with Gasteiger partial charge < -0.3 is 0 Å². The van der Waals surface area contributed by atoms with E-state index >= 15 is 0 Å². The van der Waals surface area contributed by atoms with Gasteiger partial charge in [-0.25, -0.2) is 8.78 Å². The quantitative estimate of drug-likeness (QED) is 0.390. The molecule has 0 saturated heterocycles. The lowest BCUT2D eigenvalue weighted by atomic mass is 9.68. The molecule has 0 N–H and O–H groups in total. The molecule has 0 aromatic heterocycles. The first-order chi connectivity index (χ1) is 15.1. The fourth-order valence-corrected chi connectivity index (χ4v) is 6.22. The van der Waals surface area contributed by atoms with Gasteiger partial charge >= 0.3 is 0 Å². The molecule has 0 spiro atoms. The molecule has 0 bridgehead atoms. The maximum absolute atomic E-state index is 14.8. The van der Waals surface area contributed by atoms with Gasteiger partial charge in [0.05, 0.1) is 0 Å². The number of halogens is 2. The molecule has 2 saturated carbocycles. The molecule has 31 heavy (non-hydrogen) atoms. The molecule has 0 radical (unpaired) electrons. The monoisotopic (exact) mass is 424 g/mol. The number of hydrogen-bond acceptors (Lipinski definition) is 0. The van der Waals surface area contributed by atoms with E-state index in [4.69, 9.17) is 0 Å². The molecule has 2 aromatic rings. The van der Waals surface area contributed by atoms with Crippen LogP contribution in [-0.2, 0) is 12.8 Å². The van der Waals surface area contributed by atoms with Crippen molar-refractivity contribution in [3.63, 3.8) is 0 Å². The summed E-state index contributed by atoms with van der Waals surface area (Å²) in [4.78, 5) is 0. The van der Waals surface area contributed by atoms with E-state index in [9.17, 15) is 8.78 Å². The first-order valence-electron chi connectivity index (χ1n) is 12.6. The summed E-state index contributed by atoms with van der Waals surface area (Å²) in [6.45, 7) is 6.07. The van der Waals surface area contributed by atoms with Gasteiger partial charge in [0.2, 0.25) is 0 Å². The molecule has 2 aromatic carbocycles. The van der Waals surface area contributed by atoms with E-state index in [1.54, 1.807) is 0 Å². The minimum Gasteiger partial charge on any atom is -0.203 e. The number of rotatable bonds is 7. The van der Waals surface area contributed by atoms with E-state index < -0.39 is 11.6 Å². The van der Waals surface area contributed by atoms with Crippen LogP contribution in [0.15, 0.2) is 36.9 Å². The van der Waals surface area contributed by atoms with E-state index in [0.717, 1.165) is 48.0 Å². The lowest BCUT2D eigenvalue weighted by Crippen LogP contribution is -2.25. The van der Waals surface area contributed by atoms with E-state index in [1.165, 1.54) is 51.4 Å². The Morgan fingerprint density at radius 1 is 0.871 bits per heavy atom. The van der Waals surface area contributed by atoms with E-state index in [1.807, 2.05) is 18.2 Å². The van der Waals surface area contributed by atoms with Crippen molar-refractivity contribution in [1.82, 2.24) is 0 Å². The van der Waals surface area contributed by atoms with Gasteiger partial charge in [0.25, 0.3) is 0 Å². The molecule has 0 heterocycles. The molecule has 0 amide bonds. The molecular weight excluding hydrogens is 386 g/mol. The molecule has 2 fully saturated rings. The maximum atomic E-state index is 14.8. The average molecular weight is 425 g/mol. The highest BCUT2D eigenvalue weighted by molar-refractivity contribution is 5.84. The van der Waals surface area contributed by atoms with E-state index in [2.05, 4.69) is 25.6 Å². The molecule has 2 aliphatic carbocycles. The zero-order valence-corrected chi connectivity index (χ0v) is 19.1. The Balaban J connectivity index is 1.33. The van der Waals surface area contributed by atoms with Gasteiger partial charge in [-0.15, -0.1) is 6.58 Å². The summed E-state index contributed by atoms with van der Waals surface area (Å²) >= 11 is 0. The Morgan fingerprint density at radius 2 is 1.55 bits per heavy atom. The Labute approximate surface area is 187 Å². The van der Waals surface area contributed by atoms with Crippen LogP contribution in [0.4, 0.5) is 8.78 Å². The Morgan fingerprint density at radius 3 is 2.19 bits per heavy atom. The second kappa shape index (κ2) is 10.3. The second-order valence-electron chi connectivity index (χ2n) is 10.2. The van der Waals surface area contributed by atoms with Crippen LogP contribution in [0.5, 0.6) is 0 Å². The molecule has 0 atom stereocenters. The van der Waals surface area contributed by atoms with E-state index in [0.29, 0.717) is 23.3 Å². The molecule has 2 aliphatic rings. The van der Waals surface area contributed by atoms with Crippen molar-refractivity contribution < 1.29 is 8.78 Å². The third-order valence-electron chi connectivity index (χ3n) is 8.23. The van der Waals surface area contributed by atoms with Crippen LogP contribution in [0.3, 0.4) is 0 Å². The summed E-state index contributed by atoms with van der Waals surface area (Å²) in [5.74, 6) is 1.89. The Kier molecular flexibility index (Phi) is 7.46. The standard InChI is InChI=1S/C29H38F2/c1-3-5-22-11-16-25-19-26(28(30)29(31)27(25)18-22)17-10-21-8-14-24(15-9-21)23-12-6-20(4-2)7-13-23/h4,11,16,18-21,23-24H,2-3,5-10,12-15,17H2,1H3. The van der Waals surface area contributed by atoms with Crippen molar-refractivity contribution >= 4 is 10.8 Å². The zero-order valence-electron chi connectivity index (χ0n) is 19.1. The predicted molar refractivity (Wildman–Crippen MR) is 127 cm³/mol. The minimum absolute atomic E-state index is 0.430. The summed E-state index contributed by atoms with van der Waals surface area (Å²) in [6.07, 6.45) is 16.2. The molecule has 0 unspecified atom stereocenters. The molecule has 168 valence electrons. The second-order valence-corrected chi connectivity index (χ2v) is 10.2. The van der Waals surface area contributed by atoms with Crippen LogP contribution < -0.4 is 0 Å². The zero-order chi connectivity index (χ0) is 21.8. The van der Waals surface area contributed by atoms with Gasteiger partial charge in [-0.05, 0) is 110 Å². The first-order valence-corrected chi connectivity index (χ1v) is 12.6. The van der Waals surface area contributed by atoms with Gasteiger partial charge in [-0.1, -0.05) is 44.4 Å². The van der Waals surface area contributed by atoms with Crippen molar-refractivity contribution in [2.45, 2.75) is 84.0 Å². The van der Waals surface area contributed by atoms with Crippen molar-refractivity contribution in [2.24, 2.45) is 23.7 Å². The average Bonchev–Trinajstić information content (AvgIpc) is 2.81. The SMILES string of the molecule is C=CC1CCC(C2CCC(CCc3cc4ccc(CCC)cc4c(F)c3F)CC2)CC1. The van der Waals surface area contributed by atoms with Gasteiger partial charge in [0.1, 0.15) is 0 Å². The minimum atomic E-state index is -0.663. The Hall–Kier alpha value is -1.70. The lowest BCUT2D eigenvalue weighted by molar-refractivity contribution is 0.152. The normalized spacial score (nSPS) is 26.8. The first kappa shape index (κ1) is 22.5. The Bertz CT molecular complexity index is 883. The van der Waals surface area contributed by atoms with E-state index in [-0.39, 0.29) is 0 Å². The lowest BCUT2D eigenvalue weighted by Gasteiger charge is -2.37. The van der Waals surface area contributed by atoms with Gasteiger partial charge in [-0.3, -0.25) is 0 Å². The molecule has 0 nitrogen and oxygen atoms in total. The van der Waals surface area contributed by atoms with Crippen molar-refractivity contribution in [3.8, 4) is 0 Å². The number of hydrogen-bond donors (Lipinski definition) is 0. The predicted octanol–water partition coefficient (Wildman–Crippen LogP) is 8.80. The van der Waals surface area contributed by atoms with Crippen LogP contribution in [-0.4, -0.2) is 0 Å².